The molecule has 3 N–H and O–H groups in total. The Kier molecular flexibility index (Phi) is 4.50. The second-order valence-corrected chi connectivity index (χ2v) is 5.76. The predicted octanol–water partition coefficient (Wildman–Crippen LogP) is 2.23. The van der Waals surface area contributed by atoms with Crippen molar-refractivity contribution in [3.05, 3.63) is 34.9 Å². The molecule has 5 heteroatoms. The average Bonchev–Trinajstić information content (AvgIpc) is 2.92. The van der Waals surface area contributed by atoms with Crippen LogP contribution in [0.2, 0.25) is 0 Å². The third-order valence-corrected chi connectivity index (χ3v) is 4.18. The molecule has 1 aliphatic rings. The van der Waals surface area contributed by atoms with Gasteiger partial charge >= 0.3 is 12.0 Å². The van der Waals surface area contributed by atoms with Crippen LogP contribution in [0.1, 0.15) is 43.4 Å². The van der Waals surface area contributed by atoms with E-state index >= 15 is 0 Å². The summed E-state index contributed by atoms with van der Waals surface area (Å²) in [6, 6.07) is 5.80. The van der Waals surface area contributed by atoms with E-state index in [1.807, 2.05) is 6.07 Å². The lowest BCUT2D eigenvalue weighted by Gasteiger charge is -2.24. The van der Waals surface area contributed by atoms with Gasteiger partial charge in [0.2, 0.25) is 0 Å². The van der Waals surface area contributed by atoms with Crippen molar-refractivity contribution >= 4 is 12.0 Å². The Balaban J connectivity index is 1.91. The fraction of sp³-hybridized carbons (Fsp3) is 0.500. The topological polar surface area (TPSA) is 78.4 Å². The van der Waals surface area contributed by atoms with Crippen LogP contribution in [-0.2, 0) is 24.2 Å². The largest absolute Gasteiger partial charge is 0.480 e. The number of carbonyl (C=O) groups excluding carboxylic acids is 1. The molecule has 0 fully saturated rings. The lowest BCUT2D eigenvalue weighted by Crippen LogP contribution is -2.54. The van der Waals surface area contributed by atoms with E-state index in [4.69, 9.17) is 5.11 Å². The van der Waals surface area contributed by atoms with E-state index < -0.39 is 17.5 Å². The van der Waals surface area contributed by atoms with Gasteiger partial charge in [-0.05, 0) is 49.3 Å². The lowest BCUT2D eigenvalue weighted by molar-refractivity contribution is -0.143. The quantitative estimate of drug-likeness (QED) is 0.778. The minimum Gasteiger partial charge on any atom is -0.480 e. The molecule has 1 aromatic rings. The van der Waals surface area contributed by atoms with E-state index in [9.17, 15) is 9.59 Å². The molecule has 1 aliphatic carbocycles. The zero-order valence-electron chi connectivity index (χ0n) is 12.5. The van der Waals surface area contributed by atoms with Crippen LogP contribution in [0.3, 0.4) is 0 Å². The zero-order valence-corrected chi connectivity index (χ0v) is 12.5. The maximum atomic E-state index is 11.8. The van der Waals surface area contributed by atoms with Gasteiger partial charge in [-0.3, -0.25) is 0 Å². The number of rotatable bonds is 5. The molecule has 2 rings (SSSR count). The van der Waals surface area contributed by atoms with Gasteiger partial charge < -0.3 is 15.7 Å². The molecule has 1 atom stereocenters. The SMILES string of the molecule is CCC(C)(NC(=O)NCc1ccc2c(c1)CCC2)C(=O)O. The molecule has 0 bridgehead atoms. The summed E-state index contributed by atoms with van der Waals surface area (Å²) in [7, 11) is 0. The van der Waals surface area contributed by atoms with Gasteiger partial charge in [0.1, 0.15) is 5.54 Å². The van der Waals surface area contributed by atoms with Gasteiger partial charge in [-0.1, -0.05) is 25.1 Å². The van der Waals surface area contributed by atoms with Crippen molar-refractivity contribution in [3.63, 3.8) is 0 Å². The molecule has 1 aromatic carbocycles. The smallest absolute Gasteiger partial charge is 0.329 e. The van der Waals surface area contributed by atoms with Crippen molar-refractivity contribution in [1.82, 2.24) is 10.6 Å². The van der Waals surface area contributed by atoms with Crippen LogP contribution in [0.15, 0.2) is 18.2 Å². The molecule has 0 saturated heterocycles. The number of amides is 2. The summed E-state index contributed by atoms with van der Waals surface area (Å²) < 4.78 is 0. The summed E-state index contributed by atoms with van der Waals surface area (Å²) in [4.78, 5) is 23.0. The number of benzene rings is 1. The van der Waals surface area contributed by atoms with E-state index in [-0.39, 0.29) is 0 Å². The number of hydrogen-bond acceptors (Lipinski definition) is 2. The summed E-state index contributed by atoms with van der Waals surface area (Å²) in [5.41, 5.74) is 2.56. The van der Waals surface area contributed by atoms with Gasteiger partial charge in [-0.15, -0.1) is 0 Å². The Morgan fingerprint density at radius 1 is 1.29 bits per heavy atom. The number of fused-ring (bicyclic) bond motifs is 1. The summed E-state index contributed by atoms with van der Waals surface area (Å²) in [6.07, 6.45) is 3.76. The van der Waals surface area contributed by atoms with E-state index in [2.05, 4.69) is 22.8 Å². The molecule has 0 heterocycles. The summed E-state index contributed by atoms with van der Waals surface area (Å²) in [5.74, 6) is -1.03. The minimum atomic E-state index is -1.23. The van der Waals surface area contributed by atoms with Crippen molar-refractivity contribution < 1.29 is 14.7 Å². The number of aryl methyl sites for hydroxylation is 2. The molecule has 5 nitrogen and oxygen atoms in total. The zero-order chi connectivity index (χ0) is 15.5. The van der Waals surface area contributed by atoms with Gasteiger partial charge in [-0.25, -0.2) is 9.59 Å². The second-order valence-electron chi connectivity index (χ2n) is 5.76. The van der Waals surface area contributed by atoms with Crippen molar-refractivity contribution in [1.29, 1.82) is 0 Å². The Labute approximate surface area is 124 Å². The number of urea groups is 1. The van der Waals surface area contributed by atoms with E-state index in [0.29, 0.717) is 13.0 Å². The first-order chi connectivity index (χ1) is 9.94. The number of nitrogens with one attached hydrogen (secondary N) is 2. The minimum absolute atomic E-state index is 0.328. The first-order valence-electron chi connectivity index (χ1n) is 7.34. The highest BCUT2D eigenvalue weighted by atomic mass is 16.4. The molecule has 0 spiro atoms. The first-order valence-corrected chi connectivity index (χ1v) is 7.34. The van der Waals surface area contributed by atoms with E-state index in [1.54, 1.807) is 6.92 Å². The average molecular weight is 290 g/mol. The predicted molar refractivity (Wildman–Crippen MR) is 80.2 cm³/mol. The standard InChI is InChI=1S/C16H22N2O3/c1-3-16(2,14(19)20)18-15(21)17-10-11-7-8-12-5-4-6-13(12)9-11/h7-9H,3-6,10H2,1-2H3,(H,19,20)(H2,17,18,21). The Morgan fingerprint density at radius 2 is 2.00 bits per heavy atom. The van der Waals surface area contributed by atoms with Crippen LogP contribution < -0.4 is 10.6 Å². The Morgan fingerprint density at radius 3 is 2.67 bits per heavy atom. The monoisotopic (exact) mass is 290 g/mol. The molecule has 0 radical (unpaired) electrons. The molecule has 114 valence electrons. The van der Waals surface area contributed by atoms with Crippen LogP contribution in [0.25, 0.3) is 0 Å². The molecule has 1 unspecified atom stereocenters. The summed E-state index contributed by atoms with van der Waals surface area (Å²) in [5, 5.41) is 14.4. The number of hydrogen-bond donors (Lipinski definition) is 3. The highest BCUT2D eigenvalue weighted by Crippen LogP contribution is 2.22. The second kappa shape index (κ2) is 6.16. The van der Waals surface area contributed by atoms with Gasteiger partial charge in [0.05, 0.1) is 0 Å². The van der Waals surface area contributed by atoms with Gasteiger partial charge in [0, 0.05) is 6.54 Å². The maximum Gasteiger partial charge on any atom is 0.329 e. The third kappa shape index (κ3) is 3.54. The van der Waals surface area contributed by atoms with Crippen LogP contribution in [0.4, 0.5) is 4.79 Å². The number of carbonyl (C=O) groups is 2. The van der Waals surface area contributed by atoms with Crippen molar-refractivity contribution in [2.24, 2.45) is 0 Å². The van der Waals surface area contributed by atoms with Crippen LogP contribution in [0, 0.1) is 0 Å². The molecule has 0 aliphatic heterocycles. The number of carboxylic acids is 1. The van der Waals surface area contributed by atoms with Crippen molar-refractivity contribution in [2.45, 2.75) is 51.6 Å². The van der Waals surface area contributed by atoms with Gasteiger partial charge in [-0.2, -0.15) is 0 Å². The van der Waals surface area contributed by atoms with Crippen molar-refractivity contribution in [2.75, 3.05) is 0 Å². The van der Waals surface area contributed by atoms with Gasteiger partial charge in [0.15, 0.2) is 0 Å². The fourth-order valence-corrected chi connectivity index (χ4v) is 2.51. The number of carboxylic acid groups (broad SMARTS) is 1. The van der Waals surface area contributed by atoms with Gasteiger partial charge in [0.25, 0.3) is 0 Å². The molecule has 0 saturated carbocycles. The first kappa shape index (κ1) is 15.4. The third-order valence-electron chi connectivity index (χ3n) is 4.18. The van der Waals surface area contributed by atoms with Crippen molar-refractivity contribution in [3.8, 4) is 0 Å². The summed E-state index contributed by atoms with van der Waals surface area (Å²) >= 11 is 0. The highest BCUT2D eigenvalue weighted by Gasteiger charge is 2.32. The Bertz CT molecular complexity index is 556. The van der Waals surface area contributed by atoms with Crippen LogP contribution in [0.5, 0.6) is 0 Å². The van der Waals surface area contributed by atoms with Crippen LogP contribution in [-0.4, -0.2) is 22.6 Å². The molecule has 0 aromatic heterocycles. The lowest BCUT2D eigenvalue weighted by atomic mass is 10.00. The van der Waals surface area contributed by atoms with E-state index in [0.717, 1.165) is 18.4 Å². The maximum absolute atomic E-state index is 11.8. The Hall–Kier alpha value is -2.04. The molecule has 21 heavy (non-hydrogen) atoms. The fourth-order valence-electron chi connectivity index (χ4n) is 2.51. The normalized spacial score (nSPS) is 15.9. The molecular weight excluding hydrogens is 268 g/mol. The molecule has 2 amide bonds. The van der Waals surface area contributed by atoms with E-state index in [1.165, 1.54) is 24.5 Å². The summed E-state index contributed by atoms with van der Waals surface area (Å²) in [6.45, 7) is 3.64. The van der Waals surface area contributed by atoms with Crippen LogP contribution >= 0.6 is 0 Å². The molecular formula is C16H22N2O3. The highest BCUT2D eigenvalue weighted by molar-refractivity contribution is 5.85. The number of aliphatic carboxylic acids is 1.